The van der Waals surface area contributed by atoms with Crippen LogP contribution in [0.4, 0.5) is 4.39 Å². The molecule has 1 rings (SSSR count). The van der Waals surface area contributed by atoms with Crippen LogP contribution in [0.3, 0.4) is 0 Å². The van der Waals surface area contributed by atoms with Crippen LogP contribution in [0.5, 0.6) is 0 Å². The number of aliphatic carboxylic acids is 1. The molecule has 8 heteroatoms. The molecule has 0 radical (unpaired) electrons. The lowest BCUT2D eigenvalue weighted by atomic mass is 10.2. The van der Waals surface area contributed by atoms with Gasteiger partial charge in [-0.15, -0.1) is 0 Å². The smallest absolute Gasteiger partial charge is 0.327 e. The SMILES string of the molecule is CC(=O)N[C@@H](CS(=O)Cc1ccc(Br)cc1F)C(=O)O. The summed E-state index contributed by atoms with van der Waals surface area (Å²) in [6.45, 7) is 1.17. The number of nitrogens with one attached hydrogen (secondary N) is 1. The van der Waals surface area contributed by atoms with Crippen LogP contribution in [-0.2, 0) is 26.1 Å². The number of hydrogen-bond donors (Lipinski definition) is 2. The number of benzene rings is 1. The molecule has 0 spiro atoms. The number of carbonyl (C=O) groups is 2. The van der Waals surface area contributed by atoms with E-state index >= 15 is 0 Å². The molecule has 0 fully saturated rings. The molecule has 2 atom stereocenters. The second-order valence-corrected chi connectivity index (χ2v) is 6.50. The van der Waals surface area contributed by atoms with E-state index < -0.39 is 34.5 Å². The second-order valence-electron chi connectivity index (χ2n) is 4.08. The van der Waals surface area contributed by atoms with Gasteiger partial charge in [0.1, 0.15) is 11.9 Å². The van der Waals surface area contributed by atoms with Crippen LogP contribution in [0.2, 0.25) is 0 Å². The number of carboxylic acids is 1. The Morgan fingerprint density at radius 2 is 2.15 bits per heavy atom. The van der Waals surface area contributed by atoms with E-state index in [4.69, 9.17) is 5.11 Å². The van der Waals surface area contributed by atoms with Gasteiger partial charge in [0, 0.05) is 27.8 Å². The van der Waals surface area contributed by atoms with Crippen LogP contribution in [0.25, 0.3) is 0 Å². The highest BCUT2D eigenvalue weighted by molar-refractivity contribution is 9.10. The van der Waals surface area contributed by atoms with Gasteiger partial charge in [0.25, 0.3) is 0 Å². The summed E-state index contributed by atoms with van der Waals surface area (Å²) in [5.74, 6) is -2.69. The minimum Gasteiger partial charge on any atom is -0.480 e. The summed E-state index contributed by atoms with van der Waals surface area (Å²) in [4.78, 5) is 21.8. The molecular weight excluding hydrogens is 353 g/mol. The summed E-state index contributed by atoms with van der Waals surface area (Å²) in [6, 6.07) is 3.09. The normalized spacial score (nSPS) is 13.6. The summed E-state index contributed by atoms with van der Waals surface area (Å²) in [7, 11) is -1.61. The predicted octanol–water partition coefficient (Wildman–Crippen LogP) is 1.43. The highest BCUT2D eigenvalue weighted by Gasteiger charge is 2.21. The summed E-state index contributed by atoms with van der Waals surface area (Å²) < 4.78 is 26.0. The largest absolute Gasteiger partial charge is 0.480 e. The van der Waals surface area contributed by atoms with Crippen molar-refractivity contribution in [1.82, 2.24) is 5.32 Å². The first-order chi connectivity index (χ1) is 9.29. The van der Waals surface area contributed by atoms with Gasteiger partial charge in [0.05, 0.1) is 11.5 Å². The summed E-state index contributed by atoms with van der Waals surface area (Å²) >= 11 is 3.11. The van der Waals surface area contributed by atoms with Crippen molar-refractivity contribution >= 4 is 38.6 Å². The molecule has 0 aromatic heterocycles. The number of carbonyl (C=O) groups excluding carboxylic acids is 1. The Morgan fingerprint density at radius 1 is 1.50 bits per heavy atom. The van der Waals surface area contributed by atoms with Crippen molar-refractivity contribution in [2.75, 3.05) is 5.75 Å². The highest BCUT2D eigenvalue weighted by Crippen LogP contribution is 2.16. The first-order valence-corrected chi connectivity index (χ1v) is 7.86. The van der Waals surface area contributed by atoms with Gasteiger partial charge < -0.3 is 10.4 Å². The number of carboxylic acid groups (broad SMARTS) is 1. The fourth-order valence-corrected chi connectivity index (χ4v) is 3.11. The number of halogens is 2. The average Bonchev–Trinajstić information content (AvgIpc) is 2.31. The van der Waals surface area contributed by atoms with Crippen LogP contribution in [0.1, 0.15) is 12.5 Å². The third kappa shape index (κ3) is 5.38. The molecule has 1 amide bonds. The molecule has 5 nitrogen and oxygen atoms in total. The summed E-state index contributed by atoms with van der Waals surface area (Å²) in [5, 5.41) is 11.1. The van der Waals surface area contributed by atoms with E-state index in [1.807, 2.05) is 0 Å². The van der Waals surface area contributed by atoms with E-state index in [-0.39, 0.29) is 17.1 Å². The molecule has 1 aromatic rings. The van der Waals surface area contributed by atoms with E-state index in [1.165, 1.54) is 19.1 Å². The minimum atomic E-state index is -1.61. The van der Waals surface area contributed by atoms with Crippen molar-refractivity contribution in [2.45, 2.75) is 18.7 Å². The van der Waals surface area contributed by atoms with E-state index in [2.05, 4.69) is 21.2 Å². The van der Waals surface area contributed by atoms with Gasteiger partial charge in [-0.05, 0) is 12.1 Å². The minimum absolute atomic E-state index is 0.109. The fourth-order valence-electron chi connectivity index (χ4n) is 1.48. The first-order valence-electron chi connectivity index (χ1n) is 5.58. The Hall–Kier alpha value is -1.28. The van der Waals surface area contributed by atoms with Gasteiger partial charge in [-0.1, -0.05) is 22.0 Å². The third-order valence-corrected chi connectivity index (χ3v) is 4.19. The van der Waals surface area contributed by atoms with E-state index in [1.54, 1.807) is 6.07 Å². The average molecular weight is 366 g/mol. The van der Waals surface area contributed by atoms with E-state index in [0.717, 1.165) is 0 Å². The summed E-state index contributed by atoms with van der Waals surface area (Å²) in [6.07, 6.45) is 0. The lowest BCUT2D eigenvalue weighted by Gasteiger charge is -2.13. The molecule has 2 N–H and O–H groups in total. The predicted molar refractivity (Wildman–Crippen MR) is 76.1 cm³/mol. The Kier molecular flexibility index (Phi) is 6.28. The zero-order chi connectivity index (χ0) is 15.3. The molecule has 0 heterocycles. The number of hydrogen-bond acceptors (Lipinski definition) is 3. The molecule has 0 bridgehead atoms. The van der Waals surface area contributed by atoms with Gasteiger partial charge in [0.15, 0.2) is 0 Å². The molecule has 20 heavy (non-hydrogen) atoms. The van der Waals surface area contributed by atoms with E-state index in [0.29, 0.717) is 4.47 Å². The van der Waals surface area contributed by atoms with Crippen LogP contribution < -0.4 is 5.32 Å². The molecule has 0 aliphatic carbocycles. The Morgan fingerprint density at radius 3 is 2.65 bits per heavy atom. The topological polar surface area (TPSA) is 83.5 Å². The Balaban J connectivity index is 2.70. The van der Waals surface area contributed by atoms with Crippen molar-refractivity contribution in [3.63, 3.8) is 0 Å². The van der Waals surface area contributed by atoms with Gasteiger partial charge in [-0.3, -0.25) is 9.00 Å². The maximum absolute atomic E-state index is 13.6. The molecule has 1 aromatic carbocycles. The monoisotopic (exact) mass is 365 g/mol. The third-order valence-electron chi connectivity index (χ3n) is 2.36. The van der Waals surface area contributed by atoms with E-state index in [9.17, 15) is 18.2 Å². The lowest BCUT2D eigenvalue weighted by molar-refractivity contribution is -0.140. The standard InChI is InChI=1S/C12H13BrFNO4S/c1-7(16)15-11(12(17)18)6-20(19)5-8-2-3-9(13)4-10(8)14/h2-4,11H,5-6H2,1H3,(H,15,16)(H,17,18)/t11-,20?/m0/s1. The zero-order valence-corrected chi connectivity index (χ0v) is 13.0. The molecule has 110 valence electrons. The molecule has 0 aliphatic heterocycles. The molecule has 1 unspecified atom stereocenters. The van der Waals surface area contributed by atoms with Gasteiger partial charge >= 0.3 is 5.97 Å². The number of amides is 1. The van der Waals surface area contributed by atoms with Crippen molar-refractivity contribution in [2.24, 2.45) is 0 Å². The molecule has 0 saturated heterocycles. The Bertz CT molecular complexity index is 552. The van der Waals surface area contributed by atoms with Crippen molar-refractivity contribution in [3.8, 4) is 0 Å². The number of rotatable bonds is 6. The Labute approximate surface area is 126 Å². The molecular formula is C12H13BrFNO4S. The van der Waals surface area contributed by atoms with Gasteiger partial charge in [-0.25, -0.2) is 9.18 Å². The fraction of sp³-hybridized carbons (Fsp3) is 0.333. The van der Waals surface area contributed by atoms with Crippen LogP contribution in [-0.4, -0.2) is 33.0 Å². The lowest BCUT2D eigenvalue weighted by Crippen LogP contribution is -2.43. The van der Waals surface area contributed by atoms with Crippen LogP contribution >= 0.6 is 15.9 Å². The van der Waals surface area contributed by atoms with Gasteiger partial charge in [-0.2, -0.15) is 0 Å². The zero-order valence-electron chi connectivity index (χ0n) is 10.6. The van der Waals surface area contributed by atoms with Crippen LogP contribution in [0.15, 0.2) is 22.7 Å². The van der Waals surface area contributed by atoms with Crippen molar-refractivity contribution < 1.29 is 23.3 Å². The quantitative estimate of drug-likeness (QED) is 0.798. The van der Waals surface area contributed by atoms with Crippen LogP contribution in [0, 0.1) is 5.82 Å². The van der Waals surface area contributed by atoms with Crippen molar-refractivity contribution in [3.05, 3.63) is 34.1 Å². The maximum atomic E-state index is 13.6. The molecule has 0 saturated carbocycles. The van der Waals surface area contributed by atoms with Crippen molar-refractivity contribution in [1.29, 1.82) is 0 Å². The highest BCUT2D eigenvalue weighted by atomic mass is 79.9. The summed E-state index contributed by atoms with van der Waals surface area (Å²) in [5.41, 5.74) is 0.235. The second kappa shape index (κ2) is 7.49. The molecule has 0 aliphatic rings. The van der Waals surface area contributed by atoms with Gasteiger partial charge in [0.2, 0.25) is 5.91 Å². The maximum Gasteiger partial charge on any atom is 0.327 e. The first kappa shape index (κ1) is 16.8.